The van der Waals surface area contributed by atoms with Crippen molar-refractivity contribution in [2.24, 2.45) is 0 Å². The molecule has 0 aliphatic heterocycles. The zero-order valence-corrected chi connectivity index (χ0v) is 12.4. The molecule has 0 saturated heterocycles. The topological polar surface area (TPSA) is 67.0 Å². The van der Waals surface area contributed by atoms with Crippen LogP contribution in [0.2, 0.25) is 0 Å². The SMILES string of the molecule is CNCc1ccccc1OCc1nc2ccsc2c(=O)[nH]1. The van der Waals surface area contributed by atoms with Crippen LogP contribution < -0.4 is 15.6 Å². The van der Waals surface area contributed by atoms with Crippen LogP contribution in [0.25, 0.3) is 10.2 Å². The highest BCUT2D eigenvalue weighted by molar-refractivity contribution is 7.17. The predicted octanol–water partition coefficient (Wildman–Crippen LogP) is 2.28. The molecule has 2 heterocycles. The summed E-state index contributed by atoms with van der Waals surface area (Å²) in [5.74, 6) is 1.32. The van der Waals surface area contributed by atoms with Gasteiger partial charge in [0.05, 0.1) is 5.52 Å². The van der Waals surface area contributed by atoms with Gasteiger partial charge in [-0.2, -0.15) is 0 Å². The lowest BCUT2D eigenvalue weighted by molar-refractivity contribution is 0.292. The first kappa shape index (κ1) is 13.8. The van der Waals surface area contributed by atoms with Gasteiger partial charge in [0.15, 0.2) is 0 Å². The Morgan fingerprint density at radius 1 is 1.33 bits per heavy atom. The third-order valence-electron chi connectivity index (χ3n) is 3.07. The van der Waals surface area contributed by atoms with Crippen LogP contribution in [-0.2, 0) is 13.2 Å². The molecular weight excluding hydrogens is 286 g/mol. The van der Waals surface area contributed by atoms with Gasteiger partial charge < -0.3 is 15.0 Å². The number of hydrogen-bond acceptors (Lipinski definition) is 5. The second-order valence-corrected chi connectivity index (χ2v) is 5.49. The zero-order valence-electron chi connectivity index (χ0n) is 11.6. The van der Waals surface area contributed by atoms with Crippen molar-refractivity contribution in [2.75, 3.05) is 7.05 Å². The molecule has 0 amide bonds. The molecule has 2 aromatic heterocycles. The second kappa shape index (κ2) is 6.07. The quantitative estimate of drug-likeness (QED) is 0.759. The summed E-state index contributed by atoms with van der Waals surface area (Å²) in [4.78, 5) is 19.1. The molecule has 3 aromatic rings. The van der Waals surface area contributed by atoms with Crippen molar-refractivity contribution < 1.29 is 4.74 Å². The van der Waals surface area contributed by atoms with E-state index < -0.39 is 0 Å². The molecule has 0 spiro atoms. The molecule has 0 unspecified atom stereocenters. The predicted molar refractivity (Wildman–Crippen MR) is 83.8 cm³/mol. The number of nitrogens with zero attached hydrogens (tertiary/aromatic N) is 1. The largest absolute Gasteiger partial charge is 0.485 e. The highest BCUT2D eigenvalue weighted by Crippen LogP contribution is 2.19. The molecule has 1 aromatic carbocycles. The number of H-pyrrole nitrogens is 1. The summed E-state index contributed by atoms with van der Waals surface area (Å²) in [5.41, 5.74) is 1.67. The maximum atomic E-state index is 11.9. The van der Waals surface area contributed by atoms with E-state index in [4.69, 9.17) is 4.74 Å². The van der Waals surface area contributed by atoms with Crippen molar-refractivity contribution in [2.45, 2.75) is 13.2 Å². The third kappa shape index (κ3) is 2.96. The molecule has 6 heteroatoms. The lowest BCUT2D eigenvalue weighted by Crippen LogP contribution is -2.13. The first-order valence-corrected chi connectivity index (χ1v) is 7.47. The summed E-state index contributed by atoms with van der Waals surface area (Å²) in [6.07, 6.45) is 0. The van der Waals surface area contributed by atoms with Crippen molar-refractivity contribution in [1.29, 1.82) is 0 Å². The monoisotopic (exact) mass is 301 g/mol. The van der Waals surface area contributed by atoms with E-state index in [0.717, 1.165) is 17.9 Å². The molecule has 0 bridgehead atoms. The van der Waals surface area contributed by atoms with E-state index in [9.17, 15) is 4.79 Å². The molecule has 5 nitrogen and oxygen atoms in total. The van der Waals surface area contributed by atoms with Crippen LogP contribution in [-0.4, -0.2) is 17.0 Å². The van der Waals surface area contributed by atoms with Gasteiger partial charge in [0.2, 0.25) is 0 Å². The Balaban J connectivity index is 1.82. The molecule has 0 fully saturated rings. The summed E-state index contributed by atoms with van der Waals surface area (Å²) in [5, 5.41) is 4.96. The number of hydrogen-bond donors (Lipinski definition) is 2. The Morgan fingerprint density at radius 2 is 2.19 bits per heavy atom. The van der Waals surface area contributed by atoms with Crippen LogP contribution in [0.3, 0.4) is 0 Å². The van der Waals surface area contributed by atoms with Gasteiger partial charge in [-0.1, -0.05) is 18.2 Å². The van der Waals surface area contributed by atoms with Crippen LogP contribution in [0, 0.1) is 0 Å². The molecule has 21 heavy (non-hydrogen) atoms. The molecule has 0 saturated carbocycles. The minimum Gasteiger partial charge on any atom is -0.485 e. The molecule has 3 rings (SSSR count). The van der Waals surface area contributed by atoms with E-state index in [0.29, 0.717) is 16.0 Å². The number of rotatable bonds is 5. The summed E-state index contributed by atoms with van der Waals surface area (Å²) in [7, 11) is 1.89. The Morgan fingerprint density at radius 3 is 3.05 bits per heavy atom. The van der Waals surface area contributed by atoms with Crippen LogP contribution >= 0.6 is 11.3 Å². The van der Waals surface area contributed by atoms with Crippen LogP contribution in [0.5, 0.6) is 5.75 Å². The Bertz CT molecular complexity index is 810. The standard InChI is InChI=1S/C15H15N3O2S/c1-16-8-10-4-2-3-5-12(10)20-9-13-17-11-6-7-21-14(11)15(19)18-13/h2-7,16H,8-9H2,1H3,(H,17,18,19). The summed E-state index contributed by atoms with van der Waals surface area (Å²) < 4.78 is 6.43. The van der Waals surface area contributed by atoms with Crippen LogP contribution in [0.1, 0.15) is 11.4 Å². The van der Waals surface area contributed by atoms with E-state index in [1.165, 1.54) is 11.3 Å². The highest BCUT2D eigenvalue weighted by Gasteiger charge is 2.07. The molecule has 2 N–H and O–H groups in total. The normalized spacial score (nSPS) is 10.9. The number of aromatic nitrogens is 2. The minimum atomic E-state index is -0.114. The van der Waals surface area contributed by atoms with E-state index in [-0.39, 0.29) is 12.2 Å². The van der Waals surface area contributed by atoms with Gasteiger partial charge in [0.25, 0.3) is 5.56 Å². The number of thiophene rings is 1. The molecule has 0 aliphatic carbocycles. The highest BCUT2D eigenvalue weighted by atomic mass is 32.1. The van der Waals surface area contributed by atoms with Crippen LogP contribution in [0.15, 0.2) is 40.5 Å². The van der Waals surface area contributed by atoms with Gasteiger partial charge >= 0.3 is 0 Å². The summed E-state index contributed by atoms with van der Waals surface area (Å²) >= 11 is 1.39. The smallest absolute Gasteiger partial charge is 0.268 e. The number of aromatic amines is 1. The Kier molecular flexibility index (Phi) is 3.98. The molecule has 0 radical (unpaired) electrons. The lowest BCUT2D eigenvalue weighted by atomic mass is 10.2. The first-order valence-electron chi connectivity index (χ1n) is 6.59. The van der Waals surface area contributed by atoms with Gasteiger partial charge in [-0.3, -0.25) is 4.79 Å². The van der Waals surface area contributed by atoms with Crippen molar-refractivity contribution >= 4 is 21.6 Å². The Labute approximate surface area is 125 Å². The van der Waals surface area contributed by atoms with Gasteiger partial charge in [-0.25, -0.2) is 4.98 Å². The first-order chi connectivity index (χ1) is 10.3. The average Bonchev–Trinajstić information content (AvgIpc) is 2.96. The fourth-order valence-corrected chi connectivity index (χ4v) is 2.84. The molecule has 108 valence electrons. The molecule has 0 atom stereocenters. The van der Waals surface area contributed by atoms with Gasteiger partial charge in [0.1, 0.15) is 22.9 Å². The third-order valence-corrected chi connectivity index (χ3v) is 3.97. The number of para-hydroxylation sites is 1. The Hall–Kier alpha value is -2.18. The van der Waals surface area contributed by atoms with Gasteiger partial charge in [-0.15, -0.1) is 11.3 Å². The van der Waals surface area contributed by atoms with Crippen molar-refractivity contribution in [3.8, 4) is 5.75 Å². The zero-order chi connectivity index (χ0) is 14.7. The number of fused-ring (bicyclic) bond motifs is 1. The van der Waals surface area contributed by atoms with Crippen LogP contribution in [0.4, 0.5) is 0 Å². The lowest BCUT2D eigenvalue weighted by Gasteiger charge is -2.10. The van der Waals surface area contributed by atoms with Crippen molar-refractivity contribution in [3.63, 3.8) is 0 Å². The van der Waals surface area contributed by atoms with E-state index in [2.05, 4.69) is 15.3 Å². The summed E-state index contributed by atoms with van der Waals surface area (Å²) in [6.45, 7) is 0.964. The molecular formula is C15H15N3O2S. The second-order valence-electron chi connectivity index (χ2n) is 4.57. The number of benzene rings is 1. The number of ether oxygens (including phenoxy) is 1. The number of nitrogens with one attached hydrogen (secondary N) is 2. The fourth-order valence-electron chi connectivity index (χ4n) is 2.12. The van der Waals surface area contributed by atoms with Gasteiger partial charge in [0, 0.05) is 12.1 Å². The maximum Gasteiger partial charge on any atom is 0.268 e. The van der Waals surface area contributed by atoms with Gasteiger partial charge in [-0.05, 0) is 24.6 Å². The van der Waals surface area contributed by atoms with Crippen molar-refractivity contribution in [3.05, 3.63) is 57.5 Å². The maximum absolute atomic E-state index is 11.9. The van der Waals surface area contributed by atoms with E-state index in [1.807, 2.05) is 42.8 Å². The molecule has 0 aliphatic rings. The fraction of sp³-hybridized carbons (Fsp3) is 0.200. The summed E-state index contributed by atoms with van der Waals surface area (Å²) in [6, 6.07) is 9.65. The average molecular weight is 301 g/mol. The van der Waals surface area contributed by atoms with E-state index in [1.54, 1.807) is 0 Å². The minimum absolute atomic E-state index is 0.114. The van der Waals surface area contributed by atoms with Crippen molar-refractivity contribution in [1.82, 2.24) is 15.3 Å². The van der Waals surface area contributed by atoms with E-state index >= 15 is 0 Å².